The Morgan fingerprint density at radius 2 is 1.89 bits per heavy atom. The molecule has 0 aromatic heterocycles. The highest BCUT2D eigenvalue weighted by Crippen LogP contribution is 2.43. The molecule has 2 heterocycles. The van der Waals surface area contributed by atoms with Crippen LogP contribution in [0.25, 0.3) is 0 Å². The molecule has 1 unspecified atom stereocenters. The third-order valence-corrected chi connectivity index (χ3v) is 5.29. The average Bonchev–Trinajstić information content (AvgIpc) is 2.77. The second kappa shape index (κ2) is 4.77. The molecule has 0 radical (unpaired) electrons. The zero-order valence-corrected chi connectivity index (χ0v) is 11.8. The molecule has 1 atom stereocenters. The van der Waals surface area contributed by atoms with Crippen LogP contribution in [0.15, 0.2) is 0 Å². The molecule has 0 bridgehead atoms. The molecule has 3 heteroatoms. The monoisotopic (exact) mass is 253 g/mol. The molecule has 0 amide bonds. The Balaban J connectivity index is 1.65. The van der Waals surface area contributed by atoms with E-state index >= 15 is 0 Å². The highest BCUT2D eigenvalue weighted by Gasteiger charge is 2.48. The van der Waals surface area contributed by atoms with Gasteiger partial charge in [0.1, 0.15) is 5.72 Å². The molecule has 0 aromatic carbocycles. The number of hydrogen-bond acceptors (Lipinski definition) is 3. The Morgan fingerprint density at radius 3 is 2.50 bits per heavy atom. The van der Waals surface area contributed by atoms with Gasteiger partial charge < -0.3 is 9.47 Å². The van der Waals surface area contributed by atoms with Crippen LogP contribution in [0.4, 0.5) is 0 Å². The molecule has 18 heavy (non-hydrogen) atoms. The van der Waals surface area contributed by atoms with E-state index in [1.165, 1.54) is 25.7 Å². The maximum atomic E-state index is 6.56. The van der Waals surface area contributed by atoms with Gasteiger partial charge in [-0.2, -0.15) is 0 Å². The summed E-state index contributed by atoms with van der Waals surface area (Å²) in [6, 6.07) is 0. The van der Waals surface area contributed by atoms with Crippen LogP contribution in [-0.4, -0.2) is 31.1 Å². The Bertz CT molecular complexity index is 289. The van der Waals surface area contributed by atoms with E-state index in [2.05, 4.69) is 19.2 Å². The number of ether oxygens (including phenoxy) is 2. The quantitative estimate of drug-likeness (QED) is 0.779. The van der Waals surface area contributed by atoms with Gasteiger partial charge in [0.05, 0.1) is 12.2 Å². The Morgan fingerprint density at radius 1 is 1.11 bits per heavy atom. The molecule has 1 aliphatic carbocycles. The maximum absolute atomic E-state index is 6.56. The van der Waals surface area contributed by atoms with E-state index < -0.39 is 0 Å². The fraction of sp³-hybridized carbons (Fsp3) is 1.00. The molecule has 2 spiro atoms. The summed E-state index contributed by atoms with van der Waals surface area (Å²) < 4.78 is 12.1. The lowest BCUT2D eigenvalue weighted by atomic mass is 9.76. The van der Waals surface area contributed by atoms with E-state index in [-0.39, 0.29) is 11.3 Å². The van der Waals surface area contributed by atoms with Gasteiger partial charge in [0.25, 0.3) is 0 Å². The number of nitrogens with one attached hydrogen (secondary N) is 1. The maximum Gasteiger partial charge on any atom is 0.120 e. The second-order valence-corrected chi connectivity index (χ2v) is 6.84. The summed E-state index contributed by atoms with van der Waals surface area (Å²) in [5.74, 6) is 1.70. The van der Waals surface area contributed by atoms with Gasteiger partial charge in [-0.25, -0.2) is 0 Å². The summed E-state index contributed by atoms with van der Waals surface area (Å²) in [6.45, 7) is 7.48. The summed E-state index contributed by atoms with van der Waals surface area (Å²) in [4.78, 5) is 0. The molecule has 3 nitrogen and oxygen atoms in total. The molecule has 0 aromatic rings. The Labute approximate surface area is 111 Å². The van der Waals surface area contributed by atoms with Crippen molar-refractivity contribution in [1.82, 2.24) is 5.32 Å². The van der Waals surface area contributed by atoms with Gasteiger partial charge in [-0.1, -0.05) is 13.8 Å². The molecular formula is C15H27NO2. The Kier molecular flexibility index (Phi) is 3.41. The van der Waals surface area contributed by atoms with E-state index in [1.807, 2.05) is 0 Å². The topological polar surface area (TPSA) is 30.5 Å². The third kappa shape index (κ3) is 2.33. The van der Waals surface area contributed by atoms with Gasteiger partial charge >= 0.3 is 0 Å². The minimum absolute atomic E-state index is 0.0304. The van der Waals surface area contributed by atoms with Crippen LogP contribution in [0.1, 0.15) is 52.4 Å². The van der Waals surface area contributed by atoms with Gasteiger partial charge in [0, 0.05) is 19.6 Å². The minimum atomic E-state index is -0.0304. The zero-order valence-electron chi connectivity index (χ0n) is 11.8. The van der Waals surface area contributed by atoms with Crippen LogP contribution in [-0.2, 0) is 9.47 Å². The van der Waals surface area contributed by atoms with Crippen molar-refractivity contribution in [1.29, 1.82) is 0 Å². The second-order valence-electron chi connectivity index (χ2n) is 6.84. The normalized spacial score (nSPS) is 45.2. The fourth-order valence-electron chi connectivity index (χ4n) is 3.94. The van der Waals surface area contributed by atoms with E-state index in [1.54, 1.807) is 0 Å². The predicted molar refractivity (Wildman–Crippen MR) is 71.4 cm³/mol. The van der Waals surface area contributed by atoms with Gasteiger partial charge in [0.2, 0.25) is 0 Å². The molecule has 2 saturated heterocycles. The fourth-order valence-corrected chi connectivity index (χ4v) is 3.94. The summed E-state index contributed by atoms with van der Waals surface area (Å²) in [7, 11) is 0. The summed E-state index contributed by atoms with van der Waals surface area (Å²) in [5.41, 5.74) is 0.00720. The van der Waals surface area contributed by atoms with Crippen molar-refractivity contribution >= 4 is 0 Å². The van der Waals surface area contributed by atoms with Gasteiger partial charge in [-0.05, 0) is 43.9 Å². The van der Waals surface area contributed by atoms with Crippen LogP contribution in [0.5, 0.6) is 0 Å². The van der Waals surface area contributed by atoms with Crippen LogP contribution in [0.3, 0.4) is 0 Å². The van der Waals surface area contributed by atoms with Gasteiger partial charge in [-0.15, -0.1) is 0 Å². The first kappa shape index (κ1) is 12.9. The first-order chi connectivity index (χ1) is 8.63. The molecule has 3 fully saturated rings. The lowest BCUT2D eigenvalue weighted by Gasteiger charge is -2.50. The van der Waals surface area contributed by atoms with Crippen molar-refractivity contribution in [3.63, 3.8) is 0 Å². The molecular weight excluding hydrogens is 226 g/mol. The van der Waals surface area contributed by atoms with Gasteiger partial charge in [-0.3, -0.25) is 5.32 Å². The molecule has 104 valence electrons. The van der Waals surface area contributed by atoms with Crippen molar-refractivity contribution in [3.05, 3.63) is 0 Å². The van der Waals surface area contributed by atoms with Crippen molar-refractivity contribution in [3.8, 4) is 0 Å². The SMILES string of the molecule is CC(C)C1CCC2(CC1)NCCC1(CCOC1)O2. The van der Waals surface area contributed by atoms with Gasteiger partial charge in [0.15, 0.2) is 0 Å². The average molecular weight is 253 g/mol. The molecule has 1 saturated carbocycles. The highest BCUT2D eigenvalue weighted by molar-refractivity contribution is 4.97. The first-order valence-electron chi connectivity index (χ1n) is 7.66. The minimum Gasteiger partial charge on any atom is -0.378 e. The summed E-state index contributed by atoms with van der Waals surface area (Å²) in [5, 5.41) is 3.67. The summed E-state index contributed by atoms with van der Waals surface area (Å²) in [6.07, 6.45) is 7.17. The van der Waals surface area contributed by atoms with E-state index in [4.69, 9.17) is 9.47 Å². The van der Waals surface area contributed by atoms with Crippen LogP contribution < -0.4 is 5.32 Å². The lowest BCUT2D eigenvalue weighted by molar-refractivity contribution is -0.216. The lowest BCUT2D eigenvalue weighted by Crippen LogP contribution is -2.61. The molecule has 1 N–H and O–H groups in total. The number of rotatable bonds is 1. The standard InChI is InChI=1S/C15H27NO2/c1-12(2)13-3-5-15(6-4-13)16-9-7-14(18-15)8-10-17-11-14/h12-13,16H,3-11H2,1-2H3. The van der Waals surface area contributed by atoms with Crippen LogP contribution in [0.2, 0.25) is 0 Å². The third-order valence-electron chi connectivity index (χ3n) is 5.29. The summed E-state index contributed by atoms with van der Waals surface area (Å²) >= 11 is 0. The van der Waals surface area contributed by atoms with E-state index in [0.29, 0.717) is 0 Å². The highest BCUT2D eigenvalue weighted by atomic mass is 16.6. The first-order valence-corrected chi connectivity index (χ1v) is 7.66. The van der Waals surface area contributed by atoms with Crippen LogP contribution >= 0.6 is 0 Å². The van der Waals surface area contributed by atoms with Crippen LogP contribution in [0, 0.1) is 11.8 Å². The molecule has 3 rings (SSSR count). The van der Waals surface area contributed by atoms with E-state index in [0.717, 1.165) is 44.4 Å². The zero-order chi connectivity index (χ0) is 12.6. The smallest absolute Gasteiger partial charge is 0.120 e. The molecule has 2 aliphatic heterocycles. The Hall–Kier alpha value is -0.120. The van der Waals surface area contributed by atoms with Crippen molar-refractivity contribution in [2.24, 2.45) is 11.8 Å². The molecule has 3 aliphatic rings. The largest absolute Gasteiger partial charge is 0.378 e. The van der Waals surface area contributed by atoms with Crippen molar-refractivity contribution < 1.29 is 9.47 Å². The van der Waals surface area contributed by atoms with E-state index in [9.17, 15) is 0 Å². The van der Waals surface area contributed by atoms with Crippen molar-refractivity contribution in [2.75, 3.05) is 19.8 Å². The predicted octanol–water partition coefficient (Wildman–Crippen LogP) is 2.70. The number of hydrogen-bond donors (Lipinski definition) is 1. The van der Waals surface area contributed by atoms with Crippen molar-refractivity contribution in [2.45, 2.75) is 63.7 Å².